The molecule has 7 heteroatoms. The summed E-state index contributed by atoms with van der Waals surface area (Å²) in [7, 11) is 1.76. The molecule has 0 aliphatic carbocycles. The summed E-state index contributed by atoms with van der Waals surface area (Å²) in [6.45, 7) is 6.85. The number of aliphatic imine (C=N–C) groups is 1. The van der Waals surface area contributed by atoms with Gasteiger partial charge >= 0.3 is 0 Å². The van der Waals surface area contributed by atoms with Crippen molar-refractivity contribution in [3.63, 3.8) is 0 Å². The molecular weight excluding hydrogens is 407 g/mol. The minimum Gasteiger partial charge on any atom is -0.352 e. The lowest BCUT2D eigenvalue weighted by molar-refractivity contribution is -0.385. The van der Waals surface area contributed by atoms with Crippen LogP contribution in [0.1, 0.15) is 25.8 Å². The van der Waals surface area contributed by atoms with Gasteiger partial charge < -0.3 is 10.2 Å². The number of benzene rings is 1. The summed E-state index contributed by atoms with van der Waals surface area (Å²) in [5.41, 5.74) is 0.817. The van der Waals surface area contributed by atoms with Crippen molar-refractivity contribution in [3.05, 3.63) is 39.9 Å². The van der Waals surface area contributed by atoms with Crippen LogP contribution in [0.2, 0.25) is 0 Å². The molecule has 1 heterocycles. The number of hydrogen-bond acceptors (Lipinski definition) is 3. The Morgan fingerprint density at radius 3 is 2.52 bits per heavy atom. The zero-order valence-electron chi connectivity index (χ0n) is 13.9. The maximum Gasteiger partial charge on any atom is 0.274 e. The largest absolute Gasteiger partial charge is 0.352 e. The smallest absolute Gasteiger partial charge is 0.274 e. The lowest BCUT2D eigenvalue weighted by Gasteiger charge is -2.37. The number of piperidine rings is 1. The number of halogens is 1. The van der Waals surface area contributed by atoms with Crippen LogP contribution in [0, 0.1) is 22.0 Å². The molecule has 0 aromatic heterocycles. The number of nitrogens with one attached hydrogen (secondary N) is 1. The standard InChI is InChI=1S/C16H24N4O2.HI/c1-12-8-13(2)11-19(10-12)16(17-3)18-9-14-6-4-5-7-15(14)20(21)22;/h4-7,12-13H,8-11H2,1-3H3,(H,17,18);1H. The van der Waals surface area contributed by atoms with Crippen molar-refractivity contribution in [1.29, 1.82) is 0 Å². The second-order valence-electron chi connectivity index (χ2n) is 6.14. The molecule has 1 aromatic carbocycles. The van der Waals surface area contributed by atoms with Gasteiger partial charge in [0.1, 0.15) is 0 Å². The zero-order chi connectivity index (χ0) is 16.1. The van der Waals surface area contributed by atoms with Crippen LogP contribution in [0.5, 0.6) is 0 Å². The molecule has 1 aliphatic heterocycles. The third kappa shape index (κ3) is 5.33. The van der Waals surface area contributed by atoms with E-state index in [0.29, 0.717) is 23.9 Å². The fourth-order valence-electron chi connectivity index (χ4n) is 3.18. The van der Waals surface area contributed by atoms with Gasteiger partial charge in [-0.3, -0.25) is 15.1 Å². The van der Waals surface area contributed by atoms with E-state index in [1.165, 1.54) is 12.5 Å². The van der Waals surface area contributed by atoms with Crippen molar-refractivity contribution in [2.75, 3.05) is 20.1 Å². The number of para-hydroxylation sites is 1. The highest BCUT2D eigenvalue weighted by molar-refractivity contribution is 14.0. The third-order valence-corrected chi connectivity index (χ3v) is 4.01. The first-order valence-electron chi connectivity index (χ1n) is 7.69. The molecule has 0 bridgehead atoms. The van der Waals surface area contributed by atoms with Crippen LogP contribution in [0.15, 0.2) is 29.3 Å². The molecule has 1 aromatic rings. The lowest BCUT2D eigenvalue weighted by atomic mass is 9.92. The second-order valence-corrected chi connectivity index (χ2v) is 6.14. The molecule has 1 fully saturated rings. The molecule has 0 radical (unpaired) electrons. The number of hydrogen-bond donors (Lipinski definition) is 1. The maximum atomic E-state index is 11.1. The summed E-state index contributed by atoms with van der Waals surface area (Å²) in [5.74, 6) is 2.08. The number of rotatable bonds is 3. The Bertz CT molecular complexity index is 555. The molecule has 2 unspecified atom stereocenters. The summed E-state index contributed by atoms with van der Waals surface area (Å²) in [6.07, 6.45) is 1.23. The quantitative estimate of drug-likeness (QED) is 0.262. The van der Waals surface area contributed by atoms with Gasteiger partial charge in [0.15, 0.2) is 5.96 Å². The summed E-state index contributed by atoms with van der Waals surface area (Å²) >= 11 is 0. The summed E-state index contributed by atoms with van der Waals surface area (Å²) in [4.78, 5) is 17.3. The molecule has 128 valence electrons. The third-order valence-electron chi connectivity index (χ3n) is 4.01. The van der Waals surface area contributed by atoms with Crippen molar-refractivity contribution in [2.24, 2.45) is 16.8 Å². The van der Waals surface area contributed by atoms with E-state index in [9.17, 15) is 10.1 Å². The Balaban J connectivity index is 0.00000264. The van der Waals surface area contributed by atoms with Gasteiger partial charge in [0.25, 0.3) is 5.69 Å². The molecule has 2 rings (SSSR count). The predicted octanol–water partition coefficient (Wildman–Crippen LogP) is 3.27. The fourth-order valence-corrected chi connectivity index (χ4v) is 3.18. The Labute approximate surface area is 154 Å². The van der Waals surface area contributed by atoms with Crippen molar-refractivity contribution in [3.8, 4) is 0 Å². The van der Waals surface area contributed by atoms with Crippen LogP contribution >= 0.6 is 24.0 Å². The molecule has 6 nitrogen and oxygen atoms in total. The summed E-state index contributed by atoms with van der Waals surface area (Å²) in [6, 6.07) is 6.81. The molecule has 0 spiro atoms. The van der Waals surface area contributed by atoms with Crippen LogP contribution in [0.25, 0.3) is 0 Å². The van der Waals surface area contributed by atoms with Crippen molar-refractivity contribution >= 4 is 35.6 Å². The molecule has 0 amide bonds. The highest BCUT2D eigenvalue weighted by Gasteiger charge is 2.24. The van der Waals surface area contributed by atoms with E-state index in [4.69, 9.17) is 0 Å². The van der Waals surface area contributed by atoms with Crippen LogP contribution in [-0.2, 0) is 6.54 Å². The summed E-state index contributed by atoms with van der Waals surface area (Å²) in [5, 5.41) is 14.3. The van der Waals surface area contributed by atoms with Gasteiger partial charge in [-0.1, -0.05) is 32.0 Å². The molecule has 2 atom stereocenters. The Morgan fingerprint density at radius 2 is 1.96 bits per heavy atom. The average molecular weight is 432 g/mol. The van der Waals surface area contributed by atoms with Gasteiger partial charge in [0.2, 0.25) is 0 Å². The van der Waals surface area contributed by atoms with E-state index in [1.807, 2.05) is 6.07 Å². The van der Waals surface area contributed by atoms with Crippen LogP contribution < -0.4 is 5.32 Å². The Hall–Kier alpha value is -1.38. The summed E-state index contributed by atoms with van der Waals surface area (Å²) < 4.78 is 0. The van der Waals surface area contributed by atoms with Crippen LogP contribution in [-0.4, -0.2) is 35.9 Å². The van der Waals surface area contributed by atoms with Gasteiger partial charge in [0.05, 0.1) is 4.92 Å². The molecule has 1 aliphatic rings. The van der Waals surface area contributed by atoms with Crippen molar-refractivity contribution in [2.45, 2.75) is 26.8 Å². The first-order valence-corrected chi connectivity index (χ1v) is 7.69. The van der Waals surface area contributed by atoms with Gasteiger partial charge in [-0.05, 0) is 18.3 Å². The number of nitro groups is 1. The minimum absolute atomic E-state index is 0. The van der Waals surface area contributed by atoms with E-state index >= 15 is 0 Å². The molecule has 1 saturated heterocycles. The van der Waals surface area contributed by atoms with Crippen LogP contribution in [0.4, 0.5) is 5.69 Å². The Morgan fingerprint density at radius 1 is 1.35 bits per heavy atom. The van der Waals surface area contributed by atoms with Crippen molar-refractivity contribution < 1.29 is 4.92 Å². The van der Waals surface area contributed by atoms with Gasteiger partial charge in [-0.15, -0.1) is 24.0 Å². The minimum atomic E-state index is -0.342. The van der Waals surface area contributed by atoms with E-state index in [1.54, 1.807) is 19.2 Å². The first-order chi connectivity index (χ1) is 10.5. The van der Waals surface area contributed by atoms with Gasteiger partial charge in [0, 0.05) is 38.3 Å². The first kappa shape index (κ1) is 19.7. The monoisotopic (exact) mass is 432 g/mol. The fraction of sp³-hybridized carbons (Fsp3) is 0.562. The number of nitrogens with zero attached hydrogens (tertiary/aromatic N) is 3. The number of likely N-dealkylation sites (tertiary alicyclic amines) is 1. The second kappa shape index (κ2) is 9.05. The van der Waals surface area contributed by atoms with E-state index in [2.05, 4.69) is 29.1 Å². The van der Waals surface area contributed by atoms with E-state index in [-0.39, 0.29) is 34.6 Å². The van der Waals surface area contributed by atoms with Gasteiger partial charge in [-0.2, -0.15) is 0 Å². The topological polar surface area (TPSA) is 70.8 Å². The zero-order valence-corrected chi connectivity index (χ0v) is 16.2. The van der Waals surface area contributed by atoms with E-state index in [0.717, 1.165) is 19.0 Å². The lowest BCUT2D eigenvalue weighted by Crippen LogP contribution is -2.48. The van der Waals surface area contributed by atoms with E-state index < -0.39 is 0 Å². The van der Waals surface area contributed by atoms with Crippen LogP contribution in [0.3, 0.4) is 0 Å². The molecule has 1 N–H and O–H groups in total. The molecular formula is C16H25IN4O2. The van der Waals surface area contributed by atoms with Crippen molar-refractivity contribution in [1.82, 2.24) is 10.2 Å². The predicted molar refractivity (Wildman–Crippen MR) is 103 cm³/mol. The Kier molecular flexibility index (Phi) is 7.74. The SMILES string of the molecule is CN=C(NCc1ccccc1[N+](=O)[O-])N1CC(C)CC(C)C1.I. The number of guanidine groups is 1. The highest BCUT2D eigenvalue weighted by atomic mass is 127. The van der Waals surface area contributed by atoms with Gasteiger partial charge in [-0.25, -0.2) is 0 Å². The molecule has 23 heavy (non-hydrogen) atoms. The maximum absolute atomic E-state index is 11.1. The molecule has 0 saturated carbocycles. The average Bonchev–Trinajstić information content (AvgIpc) is 2.47. The highest BCUT2D eigenvalue weighted by Crippen LogP contribution is 2.21. The normalized spacial score (nSPS) is 21.5. The number of nitro benzene ring substituents is 1.